The second-order valence-corrected chi connectivity index (χ2v) is 13.3. The number of amides is 4. The average molecular weight is 698 g/mol. The lowest BCUT2D eigenvalue weighted by Crippen LogP contribution is -2.60. The fourth-order valence-electron chi connectivity index (χ4n) is 7.69. The number of allylic oxidation sites excluding steroid dienone is 2. The van der Waals surface area contributed by atoms with E-state index in [2.05, 4.69) is 15.9 Å². The standard InChI is InChI=1S/C32H23BrCl2N2O7/c33-14-36-29(43)31(34)13-22-20(25(32(31,35)30(36)44)19-10-11-23(38)18-7-2-1-6-17(18)19)8-9-21-24(22)27(40)37(26(21)39)16-5-3-4-15(12-16)28(41)42/h1-8,10-12,21-22,24-25,38H,9,13-14H2,(H,41,42)/t21-,22+,24-,25-,31+,32-/m0/s1. The first-order chi connectivity index (χ1) is 21.0. The van der Waals surface area contributed by atoms with Crippen molar-refractivity contribution >= 4 is 85.2 Å². The van der Waals surface area contributed by atoms with E-state index in [0.29, 0.717) is 21.9 Å². The summed E-state index contributed by atoms with van der Waals surface area (Å²) in [5.74, 6) is -7.03. The van der Waals surface area contributed by atoms with Crippen molar-refractivity contribution in [3.63, 3.8) is 0 Å². The monoisotopic (exact) mass is 696 g/mol. The molecule has 2 N–H and O–H groups in total. The minimum Gasteiger partial charge on any atom is -0.507 e. The Hall–Kier alpha value is -3.73. The molecule has 3 aromatic carbocycles. The number of aromatic hydroxyl groups is 1. The molecule has 2 saturated heterocycles. The molecular weight excluding hydrogens is 675 g/mol. The molecule has 12 heteroatoms. The van der Waals surface area contributed by atoms with E-state index in [9.17, 15) is 34.2 Å². The number of nitrogens with zero attached hydrogens (tertiary/aromatic N) is 2. The molecule has 9 nitrogen and oxygen atoms in total. The SMILES string of the molecule is O=C(O)c1cccc(N2C(=O)[C@H]3[C@H](CC=C4[C@H]3C[C@@]3(Cl)C(=O)N(CBr)C(=O)[C@@]3(Cl)[C@H]4c3ccc(O)c4ccccc34)C2=O)c1. The number of halogens is 3. The van der Waals surface area contributed by atoms with E-state index in [-0.39, 0.29) is 35.3 Å². The van der Waals surface area contributed by atoms with Crippen molar-refractivity contribution in [3.05, 3.63) is 83.4 Å². The van der Waals surface area contributed by atoms with Crippen LogP contribution in [-0.2, 0) is 19.2 Å². The molecule has 2 heterocycles. The number of carboxylic acids is 1. The van der Waals surface area contributed by atoms with Gasteiger partial charge in [-0.05, 0) is 54.0 Å². The van der Waals surface area contributed by atoms with Crippen LogP contribution in [-0.4, -0.2) is 59.9 Å². The number of carboxylic acid groups (broad SMARTS) is 1. The van der Waals surface area contributed by atoms with Crippen LogP contribution in [0.2, 0.25) is 0 Å². The minimum atomic E-state index is -1.98. The van der Waals surface area contributed by atoms with Crippen molar-refractivity contribution in [2.75, 3.05) is 10.4 Å². The number of aromatic carboxylic acids is 1. The fraction of sp³-hybridized carbons (Fsp3) is 0.281. The normalized spacial score (nSPS) is 31.2. The Balaban J connectivity index is 1.42. The molecule has 3 fully saturated rings. The molecule has 2 aliphatic carbocycles. The van der Waals surface area contributed by atoms with Gasteiger partial charge in [0.25, 0.3) is 11.8 Å². The largest absolute Gasteiger partial charge is 0.507 e. The average Bonchev–Trinajstić information content (AvgIpc) is 3.35. The molecule has 4 aliphatic rings. The quantitative estimate of drug-likeness (QED) is 0.167. The van der Waals surface area contributed by atoms with Gasteiger partial charge >= 0.3 is 5.97 Å². The molecule has 0 bridgehead atoms. The maximum Gasteiger partial charge on any atom is 0.335 e. The number of phenolic OH excluding ortho intramolecular Hbond substituents is 1. The van der Waals surface area contributed by atoms with Gasteiger partial charge in [0.1, 0.15) is 5.75 Å². The van der Waals surface area contributed by atoms with Gasteiger partial charge in [-0.1, -0.05) is 64.0 Å². The molecule has 0 spiro atoms. The molecule has 0 aromatic heterocycles. The third kappa shape index (κ3) is 3.61. The zero-order valence-electron chi connectivity index (χ0n) is 22.7. The zero-order chi connectivity index (χ0) is 31.3. The van der Waals surface area contributed by atoms with Crippen LogP contribution in [0, 0.1) is 17.8 Å². The summed E-state index contributed by atoms with van der Waals surface area (Å²) in [5, 5.41) is 21.2. The van der Waals surface area contributed by atoms with E-state index in [1.807, 2.05) is 6.08 Å². The van der Waals surface area contributed by atoms with Gasteiger partial charge in [0.15, 0.2) is 9.75 Å². The Morgan fingerprint density at radius 2 is 1.66 bits per heavy atom. The molecule has 44 heavy (non-hydrogen) atoms. The summed E-state index contributed by atoms with van der Waals surface area (Å²) in [5.41, 5.74) is 1.08. The van der Waals surface area contributed by atoms with E-state index >= 15 is 0 Å². The van der Waals surface area contributed by atoms with E-state index in [1.54, 1.807) is 30.3 Å². The van der Waals surface area contributed by atoms with Crippen LogP contribution < -0.4 is 4.90 Å². The van der Waals surface area contributed by atoms with Crippen molar-refractivity contribution in [1.29, 1.82) is 0 Å². The van der Waals surface area contributed by atoms with Crippen molar-refractivity contribution in [1.82, 2.24) is 4.90 Å². The van der Waals surface area contributed by atoms with Crippen LogP contribution >= 0.6 is 39.1 Å². The van der Waals surface area contributed by atoms with E-state index in [0.717, 1.165) is 9.80 Å². The maximum atomic E-state index is 14.2. The van der Waals surface area contributed by atoms with Gasteiger partial charge < -0.3 is 10.2 Å². The number of anilines is 1. The molecule has 0 unspecified atom stereocenters. The number of imide groups is 2. The smallest absolute Gasteiger partial charge is 0.335 e. The van der Waals surface area contributed by atoms with Gasteiger partial charge in [0, 0.05) is 11.3 Å². The Morgan fingerprint density at radius 1 is 0.932 bits per heavy atom. The number of carbonyl (C=O) groups is 5. The molecule has 4 amide bonds. The van der Waals surface area contributed by atoms with Gasteiger partial charge in [-0.25, -0.2) is 4.79 Å². The van der Waals surface area contributed by atoms with Gasteiger partial charge in [0.2, 0.25) is 11.8 Å². The third-order valence-corrected chi connectivity index (χ3v) is 11.5. The molecule has 224 valence electrons. The fourth-order valence-corrected chi connectivity index (χ4v) is 9.11. The number of hydrogen-bond donors (Lipinski definition) is 2. The number of rotatable bonds is 4. The number of hydrogen-bond acceptors (Lipinski definition) is 6. The summed E-state index contributed by atoms with van der Waals surface area (Å²) in [4.78, 5) is 65.5. The molecule has 0 radical (unpaired) electrons. The predicted molar refractivity (Wildman–Crippen MR) is 165 cm³/mol. The molecule has 6 atom stereocenters. The van der Waals surface area contributed by atoms with Crippen molar-refractivity contribution in [3.8, 4) is 5.75 Å². The lowest BCUT2D eigenvalue weighted by atomic mass is 9.56. The van der Waals surface area contributed by atoms with Crippen molar-refractivity contribution in [2.45, 2.75) is 28.5 Å². The minimum absolute atomic E-state index is 0.0156. The lowest BCUT2D eigenvalue weighted by Gasteiger charge is -2.51. The zero-order valence-corrected chi connectivity index (χ0v) is 25.8. The molecule has 2 aliphatic heterocycles. The highest BCUT2D eigenvalue weighted by Crippen LogP contribution is 2.66. The summed E-state index contributed by atoms with van der Waals surface area (Å²) in [6.45, 7) is 0. The Kier molecular flexibility index (Phi) is 6.52. The summed E-state index contributed by atoms with van der Waals surface area (Å²) < 4.78 is 0. The first-order valence-corrected chi connectivity index (χ1v) is 15.7. The second kappa shape index (κ2) is 9.89. The van der Waals surface area contributed by atoms with Crippen LogP contribution in [0.3, 0.4) is 0 Å². The summed E-state index contributed by atoms with van der Waals surface area (Å²) in [6, 6.07) is 15.8. The molecular formula is C32H23BrCl2N2O7. The van der Waals surface area contributed by atoms with Crippen LogP contribution in [0.25, 0.3) is 10.8 Å². The number of benzene rings is 3. The number of fused-ring (bicyclic) bond motifs is 5. The second-order valence-electron chi connectivity index (χ2n) is 11.6. The van der Waals surface area contributed by atoms with Gasteiger partial charge in [-0.2, -0.15) is 0 Å². The highest BCUT2D eigenvalue weighted by atomic mass is 79.9. The number of alkyl halides is 3. The molecule has 1 saturated carbocycles. The van der Waals surface area contributed by atoms with Crippen molar-refractivity contribution < 1.29 is 34.2 Å². The van der Waals surface area contributed by atoms with Gasteiger partial charge in [-0.15, -0.1) is 23.2 Å². The van der Waals surface area contributed by atoms with E-state index in [1.165, 1.54) is 30.3 Å². The highest BCUT2D eigenvalue weighted by molar-refractivity contribution is 9.09. The van der Waals surface area contributed by atoms with Crippen LogP contribution in [0.5, 0.6) is 5.75 Å². The third-order valence-electron chi connectivity index (χ3n) is 9.61. The number of phenols is 1. The molecule has 3 aromatic rings. The Bertz CT molecular complexity index is 1880. The first-order valence-electron chi connectivity index (χ1n) is 13.9. The summed E-state index contributed by atoms with van der Waals surface area (Å²) in [7, 11) is 0. The first kappa shape index (κ1) is 29.0. The van der Waals surface area contributed by atoms with Crippen LogP contribution in [0.4, 0.5) is 5.69 Å². The maximum absolute atomic E-state index is 14.2. The Morgan fingerprint density at radius 3 is 2.36 bits per heavy atom. The van der Waals surface area contributed by atoms with Gasteiger partial charge in [-0.3, -0.25) is 29.0 Å². The lowest BCUT2D eigenvalue weighted by molar-refractivity contribution is -0.138. The number of carbonyl (C=O) groups excluding carboxylic acids is 4. The molecule has 7 rings (SSSR count). The predicted octanol–water partition coefficient (Wildman–Crippen LogP) is 5.16. The van der Waals surface area contributed by atoms with Crippen molar-refractivity contribution in [2.24, 2.45) is 17.8 Å². The van der Waals surface area contributed by atoms with Crippen LogP contribution in [0.15, 0.2) is 72.3 Å². The Labute approximate surface area is 269 Å². The van der Waals surface area contributed by atoms with E-state index < -0.39 is 63.0 Å². The van der Waals surface area contributed by atoms with E-state index in [4.69, 9.17) is 23.2 Å². The topological polar surface area (TPSA) is 132 Å². The van der Waals surface area contributed by atoms with Gasteiger partial charge in [0.05, 0.1) is 28.5 Å². The summed E-state index contributed by atoms with van der Waals surface area (Å²) >= 11 is 17.9. The number of likely N-dealkylation sites (tertiary alicyclic amines) is 1. The summed E-state index contributed by atoms with van der Waals surface area (Å²) in [6.07, 6.45) is 1.82. The van der Waals surface area contributed by atoms with Crippen LogP contribution in [0.1, 0.15) is 34.7 Å². The highest BCUT2D eigenvalue weighted by Gasteiger charge is 2.76.